The number of rotatable bonds is 11. The number of hydrogen-bond acceptors (Lipinski definition) is 0. The van der Waals surface area contributed by atoms with Crippen LogP contribution >= 0.6 is 0 Å². The van der Waals surface area contributed by atoms with Crippen LogP contribution in [0.15, 0.2) is 12.2 Å². The first kappa shape index (κ1) is 17.7. The van der Waals surface area contributed by atoms with Crippen LogP contribution in [0.3, 0.4) is 0 Å². The third kappa shape index (κ3) is 12.2. The summed E-state index contributed by atoms with van der Waals surface area (Å²) in [5, 5.41) is 0. The Balaban J connectivity index is 3.54. The number of allylic oxidation sites excluding steroid dienone is 2. The smallest absolute Gasteiger partial charge is 0.0351 e. The predicted octanol–water partition coefficient (Wildman–Crippen LogP) is 6.76. The third-order valence-electron chi connectivity index (χ3n) is 3.75. The van der Waals surface area contributed by atoms with E-state index in [9.17, 15) is 0 Å². The molecule has 0 aromatic rings. The molecule has 0 amide bonds. The Bertz CT molecular complexity index is 198. The van der Waals surface area contributed by atoms with Crippen molar-refractivity contribution in [3.63, 3.8) is 0 Å². The van der Waals surface area contributed by atoms with Crippen molar-refractivity contribution in [1.29, 1.82) is 0 Å². The number of hydrogen-bond donors (Lipinski definition) is 0. The van der Waals surface area contributed by atoms with Crippen molar-refractivity contribution in [2.75, 3.05) is 0 Å². The molecular weight excluding hydrogens is 216 g/mol. The molecule has 0 aliphatic rings. The highest BCUT2D eigenvalue weighted by Gasteiger charge is 2.16. The van der Waals surface area contributed by atoms with E-state index in [1.54, 1.807) is 0 Å². The molecule has 0 aliphatic carbocycles. The molecule has 0 N–H and O–H groups in total. The molecule has 0 fully saturated rings. The van der Waals surface area contributed by atoms with Gasteiger partial charge in [-0.3, -0.25) is 0 Å². The van der Waals surface area contributed by atoms with Gasteiger partial charge in [-0.25, -0.2) is 0 Å². The lowest BCUT2D eigenvalue weighted by Gasteiger charge is -2.24. The normalized spacial score (nSPS) is 12.8. The zero-order chi connectivity index (χ0) is 13.9. The Kier molecular flexibility index (Phi) is 10.5. The summed E-state index contributed by atoms with van der Waals surface area (Å²) in [5.74, 6) is 0.863. The molecule has 0 saturated heterocycles. The highest BCUT2D eigenvalue weighted by Crippen LogP contribution is 2.30. The van der Waals surface area contributed by atoms with Gasteiger partial charge in [-0.2, -0.15) is 0 Å². The standard InChI is InChI=1S/C18H36/c1-6-7-8-9-10-11-12-15-18(4,5)16-13-14-17(2)3/h9-10,17H,6-8,11-16H2,1-5H3/b10-9+. The quantitative estimate of drug-likeness (QED) is 0.281. The van der Waals surface area contributed by atoms with Gasteiger partial charge in [0.15, 0.2) is 0 Å². The van der Waals surface area contributed by atoms with Gasteiger partial charge >= 0.3 is 0 Å². The van der Waals surface area contributed by atoms with E-state index in [0.29, 0.717) is 5.41 Å². The lowest BCUT2D eigenvalue weighted by molar-refractivity contribution is 0.282. The lowest BCUT2D eigenvalue weighted by atomic mass is 9.81. The fourth-order valence-electron chi connectivity index (χ4n) is 2.37. The van der Waals surface area contributed by atoms with Gasteiger partial charge in [0.1, 0.15) is 0 Å². The first-order valence-electron chi connectivity index (χ1n) is 8.13. The molecule has 18 heavy (non-hydrogen) atoms. The molecule has 0 aromatic heterocycles. The van der Waals surface area contributed by atoms with Crippen molar-refractivity contribution in [3.05, 3.63) is 12.2 Å². The maximum absolute atomic E-state index is 2.44. The zero-order valence-corrected chi connectivity index (χ0v) is 13.6. The molecule has 0 bridgehead atoms. The van der Waals surface area contributed by atoms with Crippen LogP contribution in [0.2, 0.25) is 0 Å². The summed E-state index contributed by atoms with van der Waals surface area (Å²) in [7, 11) is 0. The Morgan fingerprint density at radius 3 is 2.00 bits per heavy atom. The first-order valence-corrected chi connectivity index (χ1v) is 8.13. The molecule has 0 radical (unpaired) electrons. The van der Waals surface area contributed by atoms with E-state index in [1.165, 1.54) is 57.8 Å². The van der Waals surface area contributed by atoms with Crippen LogP contribution in [0.5, 0.6) is 0 Å². The minimum absolute atomic E-state index is 0.548. The zero-order valence-electron chi connectivity index (χ0n) is 13.6. The van der Waals surface area contributed by atoms with Gasteiger partial charge in [-0.1, -0.05) is 72.5 Å². The van der Waals surface area contributed by atoms with Crippen molar-refractivity contribution in [2.24, 2.45) is 11.3 Å². The molecule has 0 nitrogen and oxygen atoms in total. The fourth-order valence-corrected chi connectivity index (χ4v) is 2.37. The highest BCUT2D eigenvalue weighted by molar-refractivity contribution is 4.82. The van der Waals surface area contributed by atoms with E-state index in [2.05, 4.69) is 46.8 Å². The van der Waals surface area contributed by atoms with Crippen LogP contribution in [-0.4, -0.2) is 0 Å². The second kappa shape index (κ2) is 10.6. The monoisotopic (exact) mass is 252 g/mol. The summed E-state index contributed by atoms with van der Waals surface area (Å²) >= 11 is 0. The summed E-state index contributed by atoms with van der Waals surface area (Å²) in [6.07, 6.45) is 16.9. The summed E-state index contributed by atoms with van der Waals surface area (Å²) in [5.41, 5.74) is 0.548. The van der Waals surface area contributed by atoms with Crippen molar-refractivity contribution in [3.8, 4) is 0 Å². The van der Waals surface area contributed by atoms with Crippen molar-refractivity contribution in [1.82, 2.24) is 0 Å². The van der Waals surface area contributed by atoms with Crippen LogP contribution < -0.4 is 0 Å². The summed E-state index contributed by atoms with van der Waals surface area (Å²) in [6, 6.07) is 0. The summed E-state index contributed by atoms with van der Waals surface area (Å²) in [4.78, 5) is 0. The molecule has 0 unspecified atom stereocenters. The Morgan fingerprint density at radius 1 is 0.889 bits per heavy atom. The molecule has 0 spiro atoms. The van der Waals surface area contributed by atoms with Gasteiger partial charge < -0.3 is 0 Å². The van der Waals surface area contributed by atoms with E-state index in [-0.39, 0.29) is 0 Å². The molecule has 0 saturated carbocycles. The van der Waals surface area contributed by atoms with Crippen molar-refractivity contribution < 1.29 is 0 Å². The second-order valence-corrected chi connectivity index (χ2v) is 6.96. The third-order valence-corrected chi connectivity index (χ3v) is 3.75. The van der Waals surface area contributed by atoms with Crippen LogP contribution in [0.25, 0.3) is 0 Å². The topological polar surface area (TPSA) is 0 Å². The molecule has 0 rings (SSSR count). The minimum Gasteiger partial charge on any atom is -0.0885 e. The van der Waals surface area contributed by atoms with Gasteiger partial charge in [0.25, 0.3) is 0 Å². The van der Waals surface area contributed by atoms with Gasteiger partial charge in [0, 0.05) is 0 Å². The van der Waals surface area contributed by atoms with E-state index < -0.39 is 0 Å². The van der Waals surface area contributed by atoms with Crippen LogP contribution in [0.4, 0.5) is 0 Å². The molecule has 0 atom stereocenters. The fraction of sp³-hybridized carbons (Fsp3) is 0.889. The molecule has 0 heteroatoms. The van der Waals surface area contributed by atoms with Gasteiger partial charge in [-0.15, -0.1) is 0 Å². The van der Waals surface area contributed by atoms with Gasteiger partial charge in [0.2, 0.25) is 0 Å². The van der Waals surface area contributed by atoms with Gasteiger partial charge in [-0.05, 0) is 43.4 Å². The van der Waals surface area contributed by atoms with Crippen LogP contribution in [0, 0.1) is 11.3 Å². The van der Waals surface area contributed by atoms with Crippen molar-refractivity contribution >= 4 is 0 Å². The minimum atomic E-state index is 0.548. The average molecular weight is 252 g/mol. The maximum atomic E-state index is 2.44. The summed E-state index contributed by atoms with van der Waals surface area (Å²) in [6.45, 7) is 11.8. The maximum Gasteiger partial charge on any atom is -0.0351 e. The van der Waals surface area contributed by atoms with Gasteiger partial charge in [0.05, 0.1) is 0 Å². The molecular formula is C18H36. The van der Waals surface area contributed by atoms with Crippen LogP contribution in [-0.2, 0) is 0 Å². The SMILES string of the molecule is CCCC/C=C/CCCC(C)(C)CCCC(C)C. The molecule has 0 aromatic carbocycles. The Hall–Kier alpha value is -0.260. The molecule has 0 aliphatic heterocycles. The van der Waals surface area contributed by atoms with E-state index in [1.807, 2.05) is 0 Å². The number of unbranched alkanes of at least 4 members (excludes halogenated alkanes) is 3. The predicted molar refractivity (Wildman–Crippen MR) is 85.0 cm³/mol. The summed E-state index contributed by atoms with van der Waals surface area (Å²) < 4.78 is 0. The average Bonchev–Trinajstić information content (AvgIpc) is 2.27. The first-order chi connectivity index (χ1) is 8.48. The highest BCUT2D eigenvalue weighted by atomic mass is 14.2. The molecule has 0 heterocycles. The van der Waals surface area contributed by atoms with E-state index in [4.69, 9.17) is 0 Å². The lowest BCUT2D eigenvalue weighted by Crippen LogP contribution is -2.11. The Labute approximate surface area is 116 Å². The van der Waals surface area contributed by atoms with E-state index in [0.717, 1.165) is 5.92 Å². The molecule has 108 valence electrons. The van der Waals surface area contributed by atoms with Crippen molar-refractivity contribution in [2.45, 2.75) is 92.4 Å². The largest absolute Gasteiger partial charge is 0.0885 e. The van der Waals surface area contributed by atoms with E-state index >= 15 is 0 Å². The van der Waals surface area contributed by atoms with Crippen LogP contribution in [0.1, 0.15) is 92.4 Å². The Morgan fingerprint density at radius 2 is 1.44 bits per heavy atom. The second-order valence-electron chi connectivity index (χ2n) is 6.96.